The first-order valence-electron chi connectivity index (χ1n) is 8.06. The molecule has 120 valence electrons. The van der Waals surface area contributed by atoms with Gasteiger partial charge in [-0.3, -0.25) is 0 Å². The Morgan fingerprint density at radius 1 is 1.13 bits per heavy atom. The Hall–Kier alpha value is -2.33. The molecular formula is C19H22N2O2. The highest BCUT2D eigenvalue weighted by atomic mass is 16.3. The number of urea groups is 1. The van der Waals surface area contributed by atoms with Gasteiger partial charge in [-0.25, -0.2) is 4.79 Å². The second kappa shape index (κ2) is 7.29. The average Bonchev–Trinajstić information content (AvgIpc) is 3.02. The summed E-state index contributed by atoms with van der Waals surface area (Å²) in [5.74, 6) is 0.165. The lowest BCUT2D eigenvalue weighted by molar-refractivity contribution is 0.231. The van der Waals surface area contributed by atoms with Crippen molar-refractivity contribution in [1.82, 2.24) is 10.6 Å². The first-order chi connectivity index (χ1) is 11.2. The number of carbonyl (C=O) groups is 1. The van der Waals surface area contributed by atoms with Crippen molar-refractivity contribution in [3.05, 3.63) is 60.2 Å². The van der Waals surface area contributed by atoms with Crippen molar-refractivity contribution in [1.29, 1.82) is 0 Å². The third-order valence-corrected chi connectivity index (χ3v) is 4.24. The van der Waals surface area contributed by atoms with Gasteiger partial charge in [0.25, 0.3) is 0 Å². The smallest absolute Gasteiger partial charge is 0.315 e. The highest BCUT2D eigenvalue weighted by Gasteiger charge is 2.19. The number of benzene rings is 2. The van der Waals surface area contributed by atoms with E-state index in [1.807, 2.05) is 24.3 Å². The Labute approximate surface area is 136 Å². The molecule has 2 amide bonds. The van der Waals surface area contributed by atoms with Crippen LogP contribution in [0, 0.1) is 5.92 Å². The second-order valence-electron chi connectivity index (χ2n) is 6.00. The zero-order chi connectivity index (χ0) is 16.1. The minimum Gasteiger partial charge on any atom is -0.396 e. The summed E-state index contributed by atoms with van der Waals surface area (Å²) in [5.41, 5.74) is 1.21. The maximum Gasteiger partial charge on any atom is 0.315 e. The molecule has 0 saturated heterocycles. The molecule has 3 rings (SSSR count). The first-order valence-corrected chi connectivity index (χ1v) is 8.06. The number of carbonyl (C=O) groups excluding carboxylic acids is 1. The molecule has 3 N–H and O–H groups in total. The summed E-state index contributed by atoms with van der Waals surface area (Å²) in [6.07, 6.45) is 5.48. The van der Waals surface area contributed by atoms with Crippen LogP contribution in [0.1, 0.15) is 12.0 Å². The third-order valence-electron chi connectivity index (χ3n) is 4.24. The van der Waals surface area contributed by atoms with Crippen LogP contribution in [0.3, 0.4) is 0 Å². The molecule has 0 aromatic heterocycles. The summed E-state index contributed by atoms with van der Waals surface area (Å²) < 4.78 is 0. The first kappa shape index (κ1) is 15.6. The van der Waals surface area contributed by atoms with Crippen LogP contribution in [0.2, 0.25) is 0 Å². The standard InChI is InChI=1S/C19H22N2O2/c22-13-15-6-8-18(12-15)21-19(23)20-10-9-14-5-7-16-3-1-2-4-17(16)11-14/h1-8,11,15,18,22H,9-10,12-13H2,(H2,20,21,23)/t15-,18+/m0/s1. The summed E-state index contributed by atoms with van der Waals surface area (Å²) in [7, 11) is 0. The van der Waals surface area contributed by atoms with Crippen molar-refractivity contribution in [3.8, 4) is 0 Å². The SMILES string of the molecule is O=C(NCCc1ccc2ccccc2c1)N[C@@H]1C=C[C@H](CO)C1. The van der Waals surface area contributed by atoms with E-state index < -0.39 is 0 Å². The van der Waals surface area contributed by atoms with E-state index in [9.17, 15) is 4.79 Å². The molecule has 0 heterocycles. The summed E-state index contributed by atoms with van der Waals surface area (Å²) in [4.78, 5) is 11.9. The maximum atomic E-state index is 11.9. The van der Waals surface area contributed by atoms with E-state index in [4.69, 9.17) is 5.11 Å². The van der Waals surface area contributed by atoms with E-state index in [1.54, 1.807) is 0 Å². The summed E-state index contributed by atoms with van der Waals surface area (Å²) in [5, 5.41) is 17.3. The molecule has 4 nitrogen and oxygen atoms in total. The van der Waals surface area contributed by atoms with Gasteiger partial charge in [-0.15, -0.1) is 0 Å². The summed E-state index contributed by atoms with van der Waals surface area (Å²) in [6, 6.07) is 14.5. The molecule has 2 atom stereocenters. The topological polar surface area (TPSA) is 61.4 Å². The lowest BCUT2D eigenvalue weighted by atomic mass is 10.1. The average molecular weight is 310 g/mol. The van der Waals surface area contributed by atoms with E-state index in [2.05, 4.69) is 41.0 Å². The number of amides is 2. The van der Waals surface area contributed by atoms with Gasteiger partial charge >= 0.3 is 6.03 Å². The van der Waals surface area contributed by atoms with Crippen LogP contribution >= 0.6 is 0 Å². The Bertz CT molecular complexity index is 711. The quantitative estimate of drug-likeness (QED) is 0.744. The van der Waals surface area contributed by atoms with Crippen LogP contribution in [-0.2, 0) is 6.42 Å². The molecule has 2 aromatic carbocycles. The summed E-state index contributed by atoms with van der Waals surface area (Å²) in [6.45, 7) is 0.738. The van der Waals surface area contributed by atoms with Crippen LogP contribution in [0.4, 0.5) is 4.79 Å². The lowest BCUT2D eigenvalue weighted by Gasteiger charge is -2.13. The van der Waals surface area contributed by atoms with Crippen LogP contribution < -0.4 is 10.6 Å². The minimum atomic E-state index is -0.154. The van der Waals surface area contributed by atoms with E-state index in [1.165, 1.54) is 16.3 Å². The summed E-state index contributed by atoms with van der Waals surface area (Å²) >= 11 is 0. The molecule has 0 spiro atoms. The Morgan fingerprint density at radius 2 is 1.96 bits per heavy atom. The highest BCUT2D eigenvalue weighted by molar-refractivity contribution is 5.83. The maximum absolute atomic E-state index is 11.9. The highest BCUT2D eigenvalue weighted by Crippen LogP contribution is 2.17. The third kappa shape index (κ3) is 4.11. The molecule has 0 bridgehead atoms. The van der Waals surface area contributed by atoms with Crippen LogP contribution in [-0.4, -0.2) is 30.3 Å². The molecule has 23 heavy (non-hydrogen) atoms. The fourth-order valence-corrected chi connectivity index (χ4v) is 2.95. The van der Waals surface area contributed by atoms with Crippen molar-refractivity contribution in [2.45, 2.75) is 18.9 Å². The molecule has 1 aliphatic carbocycles. The zero-order valence-electron chi connectivity index (χ0n) is 13.0. The van der Waals surface area contributed by atoms with E-state index in [-0.39, 0.29) is 24.6 Å². The number of hydrogen-bond acceptors (Lipinski definition) is 2. The normalized spacial score (nSPS) is 19.9. The second-order valence-corrected chi connectivity index (χ2v) is 6.00. The number of rotatable bonds is 5. The van der Waals surface area contributed by atoms with Gasteiger partial charge in [-0.1, -0.05) is 54.6 Å². The molecule has 4 heteroatoms. The van der Waals surface area contributed by atoms with Crippen LogP contribution in [0.5, 0.6) is 0 Å². The van der Waals surface area contributed by atoms with Crippen LogP contribution in [0.15, 0.2) is 54.6 Å². The van der Waals surface area contributed by atoms with E-state index in [0.29, 0.717) is 6.54 Å². The Balaban J connectivity index is 1.45. The van der Waals surface area contributed by atoms with Gasteiger partial charge in [0.15, 0.2) is 0 Å². The van der Waals surface area contributed by atoms with Crippen LogP contribution in [0.25, 0.3) is 10.8 Å². The van der Waals surface area contributed by atoms with Crippen molar-refractivity contribution in [3.63, 3.8) is 0 Å². The van der Waals surface area contributed by atoms with Gasteiger partial charge < -0.3 is 15.7 Å². The van der Waals surface area contributed by atoms with E-state index >= 15 is 0 Å². The lowest BCUT2D eigenvalue weighted by Crippen LogP contribution is -2.41. The fourth-order valence-electron chi connectivity index (χ4n) is 2.95. The largest absolute Gasteiger partial charge is 0.396 e. The van der Waals surface area contributed by atoms with Crippen molar-refractivity contribution in [2.24, 2.45) is 5.92 Å². The monoisotopic (exact) mass is 310 g/mol. The molecular weight excluding hydrogens is 288 g/mol. The van der Waals surface area contributed by atoms with Gasteiger partial charge in [0.2, 0.25) is 0 Å². The number of nitrogens with one attached hydrogen (secondary N) is 2. The fraction of sp³-hybridized carbons (Fsp3) is 0.316. The molecule has 0 saturated carbocycles. The number of fused-ring (bicyclic) bond motifs is 1. The predicted octanol–water partition coefficient (Wildman–Crippen LogP) is 2.62. The number of aliphatic hydroxyl groups is 1. The zero-order valence-corrected chi connectivity index (χ0v) is 13.0. The predicted molar refractivity (Wildman–Crippen MR) is 92.3 cm³/mol. The van der Waals surface area contributed by atoms with Gasteiger partial charge in [-0.2, -0.15) is 0 Å². The Morgan fingerprint density at radius 3 is 2.74 bits per heavy atom. The molecule has 0 unspecified atom stereocenters. The molecule has 2 aromatic rings. The van der Waals surface area contributed by atoms with Crippen molar-refractivity contribution >= 4 is 16.8 Å². The Kier molecular flexibility index (Phi) is 4.93. The minimum absolute atomic E-state index is 0.0211. The number of aliphatic hydroxyl groups excluding tert-OH is 1. The van der Waals surface area contributed by atoms with E-state index in [0.717, 1.165) is 12.8 Å². The van der Waals surface area contributed by atoms with Gasteiger partial charge in [0, 0.05) is 25.1 Å². The molecule has 0 radical (unpaired) electrons. The van der Waals surface area contributed by atoms with Gasteiger partial charge in [-0.05, 0) is 29.2 Å². The van der Waals surface area contributed by atoms with Crippen molar-refractivity contribution < 1.29 is 9.90 Å². The number of hydrogen-bond donors (Lipinski definition) is 3. The van der Waals surface area contributed by atoms with Gasteiger partial charge in [0.1, 0.15) is 0 Å². The van der Waals surface area contributed by atoms with Gasteiger partial charge in [0.05, 0.1) is 0 Å². The molecule has 0 aliphatic heterocycles. The van der Waals surface area contributed by atoms with Crippen molar-refractivity contribution in [2.75, 3.05) is 13.2 Å². The molecule has 1 aliphatic rings. The molecule has 0 fully saturated rings.